The zero-order chi connectivity index (χ0) is 48.6. The molecule has 0 fully saturated rings. The highest BCUT2D eigenvalue weighted by Crippen LogP contribution is 2.14. The van der Waals surface area contributed by atoms with Gasteiger partial charge in [0.25, 0.3) is 0 Å². The first-order chi connectivity index (χ1) is 33.0. The van der Waals surface area contributed by atoms with Gasteiger partial charge in [-0.2, -0.15) is 0 Å². The average Bonchev–Trinajstić information content (AvgIpc) is 3.33. The summed E-state index contributed by atoms with van der Waals surface area (Å²) in [6.45, 7) is 6.43. The summed E-state index contributed by atoms with van der Waals surface area (Å²) >= 11 is 0. The molecule has 0 radical (unpaired) electrons. The standard InChI is InChI=1S/C61H100O6/c1-4-7-10-13-16-19-22-24-26-28-30-32-34-36-39-41-44-47-50-53-59(62)65-56-58(67-61(64)55-52-49-46-43-38-21-18-15-12-9-6-3)57-66-60(63)54-51-48-45-42-40-37-35-33-31-29-27-25-23-20-17-14-11-8-5-2/h7,10,16-17,19-20,24-27,30-33,36-37,39-40,58H,4-6,8-9,11-15,18,21-23,28-29,34-35,38,41-57H2,1-3H3/b10-7-,19-16-,20-17-,26-24-,27-25-,32-30-,33-31-,39-36-,40-37-/t58-/m1/s1. The van der Waals surface area contributed by atoms with E-state index in [1.165, 1.54) is 77.0 Å². The van der Waals surface area contributed by atoms with Crippen molar-refractivity contribution < 1.29 is 28.6 Å². The quantitative estimate of drug-likeness (QED) is 0.0262. The number of rotatable bonds is 48. The smallest absolute Gasteiger partial charge is 0.306 e. The second-order valence-corrected chi connectivity index (χ2v) is 17.8. The second kappa shape index (κ2) is 54.7. The van der Waals surface area contributed by atoms with Crippen LogP contribution in [0, 0.1) is 0 Å². The van der Waals surface area contributed by atoms with Gasteiger partial charge in [-0.25, -0.2) is 0 Å². The molecule has 1 atom stereocenters. The maximum Gasteiger partial charge on any atom is 0.306 e. The summed E-state index contributed by atoms with van der Waals surface area (Å²) in [5, 5.41) is 0. The van der Waals surface area contributed by atoms with E-state index in [0.29, 0.717) is 19.3 Å². The van der Waals surface area contributed by atoms with Crippen LogP contribution in [-0.2, 0) is 28.6 Å². The van der Waals surface area contributed by atoms with Crippen LogP contribution < -0.4 is 0 Å². The summed E-state index contributed by atoms with van der Waals surface area (Å²) in [7, 11) is 0. The van der Waals surface area contributed by atoms with Crippen LogP contribution >= 0.6 is 0 Å². The van der Waals surface area contributed by atoms with E-state index in [2.05, 4.69) is 130 Å². The Kier molecular flexibility index (Phi) is 51.5. The van der Waals surface area contributed by atoms with Crippen molar-refractivity contribution in [1.82, 2.24) is 0 Å². The van der Waals surface area contributed by atoms with E-state index < -0.39 is 6.10 Å². The Morgan fingerprint density at radius 2 is 0.582 bits per heavy atom. The van der Waals surface area contributed by atoms with Crippen molar-refractivity contribution in [2.45, 2.75) is 245 Å². The Bertz CT molecular complexity index is 1390. The monoisotopic (exact) mass is 929 g/mol. The summed E-state index contributed by atoms with van der Waals surface area (Å²) in [4.78, 5) is 38.0. The Morgan fingerprint density at radius 3 is 0.940 bits per heavy atom. The van der Waals surface area contributed by atoms with Gasteiger partial charge in [-0.05, 0) is 109 Å². The number of ether oxygens (including phenoxy) is 3. The minimum atomic E-state index is -0.805. The maximum atomic E-state index is 12.8. The SMILES string of the molecule is CC/C=C\C/C=C\C/C=C\C/C=C\C/C=C\CCCCCC(=O)OC[C@H](COC(=O)CCCCC/C=C\C/C=C\C/C=C\C/C=C\CCCCC)OC(=O)CCCCCCCCCCCCC. The molecule has 0 aliphatic rings. The number of hydrogen-bond acceptors (Lipinski definition) is 6. The van der Waals surface area contributed by atoms with E-state index in [4.69, 9.17) is 14.2 Å². The van der Waals surface area contributed by atoms with E-state index >= 15 is 0 Å². The zero-order valence-electron chi connectivity index (χ0n) is 43.4. The summed E-state index contributed by atoms with van der Waals surface area (Å²) < 4.78 is 16.8. The third kappa shape index (κ3) is 52.9. The largest absolute Gasteiger partial charge is 0.462 e. The molecular weight excluding hydrogens is 829 g/mol. The van der Waals surface area contributed by atoms with Crippen LogP contribution in [0.25, 0.3) is 0 Å². The molecule has 0 amide bonds. The summed E-state index contributed by atoms with van der Waals surface area (Å²) in [5.74, 6) is -0.968. The van der Waals surface area contributed by atoms with Gasteiger partial charge in [0.05, 0.1) is 0 Å². The molecule has 0 aromatic rings. The highest BCUT2D eigenvalue weighted by Gasteiger charge is 2.19. The zero-order valence-corrected chi connectivity index (χ0v) is 43.4. The first-order valence-electron chi connectivity index (χ1n) is 27.4. The third-order valence-electron chi connectivity index (χ3n) is 11.3. The number of esters is 3. The predicted octanol–water partition coefficient (Wildman–Crippen LogP) is 18.3. The number of allylic oxidation sites excluding steroid dienone is 18. The van der Waals surface area contributed by atoms with E-state index in [-0.39, 0.29) is 31.1 Å². The van der Waals surface area contributed by atoms with Crippen molar-refractivity contribution in [2.24, 2.45) is 0 Å². The fourth-order valence-corrected chi connectivity index (χ4v) is 7.16. The van der Waals surface area contributed by atoms with Gasteiger partial charge in [-0.1, -0.05) is 220 Å². The van der Waals surface area contributed by atoms with E-state index in [1.54, 1.807) is 0 Å². The average molecular weight is 929 g/mol. The number of carbonyl (C=O) groups excluding carboxylic acids is 3. The van der Waals surface area contributed by atoms with Crippen molar-refractivity contribution in [2.75, 3.05) is 13.2 Å². The molecule has 0 spiro atoms. The molecule has 0 saturated carbocycles. The minimum Gasteiger partial charge on any atom is -0.462 e. The van der Waals surface area contributed by atoms with Crippen molar-refractivity contribution >= 4 is 17.9 Å². The molecule has 6 heteroatoms. The van der Waals surface area contributed by atoms with Crippen LogP contribution in [0.15, 0.2) is 109 Å². The van der Waals surface area contributed by atoms with E-state index in [0.717, 1.165) is 122 Å². The van der Waals surface area contributed by atoms with Crippen LogP contribution in [-0.4, -0.2) is 37.2 Å². The van der Waals surface area contributed by atoms with Crippen molar-refractivity contribution in [3.8, 4) is 0 Å². The number of unbranched alkanes of at least 4 members (excludes halogenated alkanes) is 19. The van der Waals surface area contributed by atoms with E-state index in [1.807, 2.05) is 0 Å². The van der Waals surface area contributed by atoms with Crippen molar-refractivity contribution in [3.05, 3.63) is 109 Å². The van der Waals surface area contributed by atoms with E-state index in [9.17, 15) is 14.4 Å². The Morgan fingerprint density at radius 1 is 0.313 bits per heavy atom. The van der Waals surface area contributed by atoms with Crippen LogP contribution in [0.5, 0.6) is 0 Å². The molecule has 0 N–H and O–H groups in total. The fraction of sp³-hybridized carbons (Fsp3) is 0.656. The van der Waals surface area contributed by atoms with Gasteiger partial charge in [0.2, 0.25) is 0 Å². The fourth-order valence-electron chi connectivity index (χ4n) is 7.16. The van der Waals surface area contributed by atoms with Gasteiger partial charge in [0, 0.05) is 19.3 Å². The lowest BCUT2D eigenvalue weighted by molar-refractivity contribution is -0.167. The lowest BCUT2D eigenvalue weighted by atomic mass is 10.1. The van der Waals surface area contributed by atoms with Gasteiger partial charge >= 0.3 is 17.9 Å². The number of hydrogen-bond donors (Lipinski definition) is 0. The molecule has 0 bridgehead atoms. The molecule has 0 heterocycles. The summed E-state index contributed by atoms with van der Waals surface area (Å²) in [6.07, 6.45) is 73.6. The lowest BCUT2D eigenvalue weighted by Crippen LogP contribution is -2.30. The highest BCUT2D eigenvalue weighted by atomic mass is 16.6. The van der Waals surface area contributed by atoms with Crippen LogP contribution in [0.2, 0.25) is 0 Å². The van der Waals surface area contributed by atoms with Crippen molar-refractivity contribution in [1.29, 1.82) is 0 Å². The van der Waals surface area contributed by atoms with Gasteiger partial charge in [0.1, 0.15) is 13.2 Å². The topological polar surface area (TPSA) is 78.9 Å². The van der Waals surface area contributed by atoms with Gasteiger partial charge < -0.3 is 14.2 Å². The Labute approximate surface area is 412 Å². The molecular formula is C61H100O6. The Hall–Kier alpha value is -3.93. The molecule has 380 valence electrons. The molecule has 0 aliphatic carbocycles. The molecule has 0 unspecified atom stereocenters. The maximum absolute atomic E-state index is 12.8. The molecule has 6 nitrogen and oxygen atoms in total. The molecule has 67 heavy (non-hydrogen) atoms. The van der Waals surface area contributed by atoms with Crippen LogP contribution in [0.4, 0.5) is 0 Å². The van der Waals surface area contributed by atoms with Gasteiger partial charge in [-0.15, -0.1) is 0 Å². The second-order valence-electron chi connectivity index (χ2n) is 17.8. The molecule has 0 rings (SSSR count). The van der Waals surface area contributed by atoms with Gasteiger partial charge in [-0.3, -0.25) is 14.4 Å². The number of carbonyl (C=O) groups is 3. The predicted molar refractivity (Wildman–Crippen MR) is 288 cm³/mol. The third-order valence-corrected chi connectivity index (χ3v) is 11.3. The van der Waals surface area contributed by atoms with Crippen LogP contribution in [0.1, 0.15) is 239 Å². The summed E-state index contributed by atoms with van der Waals surface area (Å²) in [5.41, 5.74) is 0. The first-order valence-corrected chi connectivity index (χ1v) is 27.4. The lowest BCUT2D eigenvalue weighted by Gasteiger charge is -2.18. The molecule has 0 aromatic carbocycles. The van der Waals surface area contributed by atoms with Crippen LogP contribution in [0.3, 0.4) is 0 Å². The summed E-state index contributed by atoms with van der Waals surface area (Å²) in [6, 6.07) is 0. The minimum absolute atomic E-state index is 0.106. The highest BCUT2D eigenvalue weighted by molar-refractivity contribution is 5.71. The van der Waals surface area contributed by atoms with Gasteiger partial charge in [0.15, 0.2) is 6.10 Å². The Balaban J connectivity index is 4.47. The van der Waals surface area contributed by atoms with Crippen molar-refractivity contribution in [3.63, 3.8) is 0 Å². The molecule has 0 saturated heterocycles. The molecule has 0 aliphatic heterocycles. The normalized spacial score (nSPS) is 12.9. The first kappa shape index (κ1) is 63.1. The molecule has 0 aromatic heterocycles.